The molecule has 0 bridgehead atoms. The van der Waals surface area contributed by atoms with Gasteiger partial charge in [-0.3, -0.25) is 4.79 Å². The number of fused-ring (bicyclic) bond motifs is 7. The van der Waals surface area contributed by atoms with Gasteiger partial charge in [0, 0.05) is 5.41 Å². The van der Waals surface area contributed by atoms with Crippen LogP contribution in [0.5, 0.6) is 0 Å². The van der Waals surface area contributed by atoms with E-state index >= 15 is 0 Å². The largest absolute Gasteiger partial charge is 0.469 e. The van der Waals surface area contributed by atoms with E-state index < -0.39 is 11.5 Å². The fraction of sp³-hybridized carbons (Fsp3) is 0.903. The molecule has 0 amide bonds. The highest BCUT2D eigenvalue weighted by molar-refractivity contribution is 5.76. The lowest BCUT2D eigenvalue weighted by atomic mass is 9.33. The number of esters is 1. The summed E-state index contributed by atoms with van der Waals surface area (Å²) >= 11 is 0. The van der Waals surface area contributed by atoms with E-state index in [-0.39, 0.29) is 45.1 Å². The molecule has 4 fully saturated rings. The topological polar surface area (TPSA) is 66.8 Å². The summed E-state index contributed by atoms with van der Waals surface area (Å²) in [6, 6.07) is 0. The van der Waals surface area contributed by atoms with Crippen LogP contribution in [0.3, 0.4) is 0 Å². The van der Waals surface area contributed by atoms with E-state index in [2.05, 4.69) is 47.6 Å². The van der Waals surface area contributed by atoms with Crippen molar-refractivity contribution in [3.63, 3.8) is 0 Å². The Kier molecular flexibility index (Phi) is 5.59. The van der Waals surface area contributed by atoms with E-state index in [0.717, 1.165) is 38.5 Å². The van der Waals surface area contributed by atoms with Crippen LogP contribution in [0.15, 0.2) is 11.6 Å². The van der Waals surface area contributed by atoms with E-state index in [1.807, 2.05) is 6.92 Å². The Hall–Kier alpha value is -0.870. The summed E-state index contributed by atoms with van der Waals surface area (Å²) in [4.78, 5) is 12.9. The van der Waals surface area contributed by atoms with Crippen molar-refractivity contribution in [1.29, 1.82) is 0 Å². The van der Waals surface area contributed by atoms with Crippen LogP contribution in [0, 0.1) is 50.2 Å². The summed E-state index contributed by atoms with van der Waals surface area (Å²) in [5.74, 6) is 1.17. The number of aliphatic hydroxyl groups is 2. The summed E-state index contributed by atoms with van der Waals surface area (Å²) < 4.78 is 5.23. The monoisotopic (exact) mass is 486 g/mol. The van der Waals surface area contributed by atoms with Gasteiger partial charge >= 0.3 is 5.97 Å². The first-order chi connectivity index (χ1) is 16.1. The van der Waals surface area contributed by atoms with Gasteiger partial charge in [0.2, 0.25) is 0 Å². The van der Waals surface area contributed by atoms with Crippen LogP contribution in [-0.2, 0) is 9.53 Å². The summed E-state index contributed by atoms with van der Waals surface area (Å²) in [6.45, 7) is 16.5. The van der Waals surface area contributed by atoms with Crippen LogP contribution < -0.4 is 0 Å². The maximum absolute atomic E-state index is 12.9. The molecule has 2 unspecified atom stereocenters. The highest BCUT2D eigenvalue weighted by atomic mass is 16.5. The molecule has 198 valence electrons. The Morgan fingerprint density at radius 1 is 0.857 bits per heavy atom. The number of methoxy groups -OCH3 is 1. The fourth-order valence-electron chi connectivity index (χ4n) is 10.9. The first kappa shape index (κ1) is 25.8. The maximum atomic E-state index is 12.9. The number of hydrogen-bond acceptors (Lipinski definition) is 4. The van der Waals surface area contributed by atoms with Gasteiger partial charge in [0.25, 0.3) is 0 Å². The molecule has 0 radical (unpaired) electrons. The Balaban J connectivity index is 1.58. The number of aliphatic hydroxyl groups excluding tert-OH is 2. The number of rotatable bonds is 1. The lowest BCUT2D eigenvalue weighted by Gasteiger charge is -2.71. The van der Waals surface area contributed by atoms with Crippen molar-refractivity contribution in [2.24, 2.45) is 50.2 Å². The number of carbonyl (C=O) groups excluding carboxylic acids is 1. The minimum atomic E-state index is -0.637. The van der Waals surface area contributed by atoms with E-state index in [1.165, 1.54) is 25.5 Å². The zero-order valence-corrected chi connectivity index (χ0v) is 23.5. The highest BCUT2D eigenvalue weighted by Crippen LogP contribution is 2.75. The standard InChI is InChI=1S/C31H50O4/c1-26(2)21-11-14-31(7)22(29(21,5)13-12-23(26)32)10-9-19-20-17-27(3,25(34)35-8)18-24(33)28(20,4)15-16-30(19,31)6/h9,20-24,32-33H,10-18H2,1-8H3/t20-,21-,22+,23?,24?,27-,28+,29-,30+,31+/m0/s1. The van der Waals surface area contributed by atoms with Crippen LogP contribution in [-0.4, -0.2) is 35.5 Å². The van der Waals surface area contributed by atoms with Crippen molar-refractivity contribution < 1.29 is 19.7 Å². The van der Waals surface area contributed by atoms with Crippen molar-refractivity contribution in [2.75, 3.05) is 7.11 Å². The molecule has 4 heteroatoms. The van der Waals surface area contributed by atoms with Gasteiger partial charge in [0.05, 0.1) is 24.7 Å². The lowest BCUT2D eigenvalue weighted by Crippen LogP contribution is -2.65. The zero-order valence-electron chi connectivity index (χ0n) is 23.5. The third kappa shape index (κ3) is 3.08. The lowest BCUT2D eigenvalue weighted by molar-refractivity contribution is -0.209. The maximum Gasteiger partial charge on any atom is 0.311 e. The molecule has 0 aromatic rings. The molecular weight excluding hydrogens is 436 g/mol. The number of carbonyl (C=O) groups is 1. The summed E-state index contributed by atoms with van der Waals surface area (Å²) in [6.07, 6.45) is 10.7. The van der Waals surface area contributed by atoms with E-state index in [0.29, 0.717) is 18.3 Å². The first-order valence-corrected chi connectivity index (χ1v) is 14.3. The normalized spacial score (nSPS) is 54.9. The minimum absolute atomic E-state index is 0.0415. The van der Waals surface area contributed by atoms with Crippen molar-refractivity contribution in [1.82, 2.24) is 0 Å². The van der Waals surface area contributed by atoms with Crippen molar-refractivity contribution in [3.8, 4) is 0 Å². The third-order valence-electron chi connectivity index (χ3n) is 13.6. The van der Waals surface area contributed by atoms with Crippen LogP contribution in [0.4, 0.5) is 0 Å². The molecule has 0 aromatic carbocycles. The summed E-state index contributed by atoms with van der Waals surface area (Å²) in [7, 11) is 1.48. The van der Waals surface area contributed by atoms with Crippen molar-refractivity contribution >= 4 is 5.97 Å². The van der Waals surface area contributed by atoms with Gasteiger partial charge in [0.15, 0.2) is 0 Å². The quantitative estimate of drug-likeness (QED) is 0.337. The van der Waals surface area contributed by atoms with Gasteiger partial charge in [-0.25, -0.2) is 0 Å². The Bertz CT molecular complexity index is 938. The first-order valence-electron chi connectivity index (χ1n) is 14.3. The smallest absolute Gasteiger partial charge is 0.311 e. The van der Waals surface area contributed by atoms with E-state index in [1.54, 1.807) is 0 Å². The third-order valence-corrected chi connectivity index (χ3v) is 13.6. The highest BCUT2D eigenvalue weighted by Gasteiger charge is 2.69. The molecule has 10 atom stereocenters. The van der Waals surface area contributed by atoms with Crippen LogP contribution in [0.25, 0.3) is 0 Å². The summed E-state index contributed by atoms with van der Waals surface area (Å²) in [5.41, 5.74) is 1.15. The zero-order chi connectivity index (χ0) is 25.8. The van der Waals surface area contributed by atoms with Crippen LogP contribution >= 0.6 is 0 Å². The minimum Gasteiger partial charge on any atom is -0.469 e. The second-order valence-corrected chi connectivity index (χ2v) is 15.2. The molecule has 5 rings (SSSR count). The van der Waals surface area contributed by atoms with Gasteiger partial charge in [0.1, 0.15) is 0 Å². The molecule has 5 aliphatic carbocycles. The van der Waals surface area contributed by atoms with Crippen molar-refractivity contribution in [3.05, 3.63) is 11.6 Å². The van der Waals surface area contributed by atoms with Gasteiger partial charge in [-0.15, -0.1) is 0 Å². The van der Waals surface area contributed by atoms with Gasteiger partial charge < -0.3 is 14.9 Å². The molecule has 35 heavy (non-hydrogen) atoms. The SMILES string of the molecule is COC(=O)[C@]1(C)CC(O)[C@]2(C)CC[C@]3(C)C(=CC[C@@H]4[C@@]5(C)CCC(O)C(C)(C)[C@@H]5CC[C@]43C)[C@@H]2C1. The number of hydrogen-bond donors (Lipinski definition) is 2. The average molecular weight is 487 g/mol. The molecule has 5 aliphatic rings. The molecule has 4 saturated carbocycles. The van der Waals surface area contributed by atoms with Crippen LogP contribution in [0.2, 0.25) is 0 Å². The molecule has 4 nitrogen and oxygen atoms in total. The van der Waals surface area contributed by atoms with Gasteiger partial charge in [-0.1, -0.05) is 53.2 Å². The number of allylic oxidation sites excluding steroid dienone is 2. The predicted octanol–water partition coefficient (Wildman–Crippen LogP) is 6.29. The molecule has 0 heterocycles. The van der Waals surface area contributed by atoms with E-state index in [9.17, 15) is 15.0 Å². The predicted molar refractivity (Wildman–Crippen MR) is 138 cm³/mol. The molecule has 2 N–H and O–H groups in total. The second kappa shape index (κ2) is 7.59. The fourth-order valence-corrected chi connectivity index (χ4v) is 10.9. The summed E-state index contributed by atoms with van der Waals surface area (Å²) in [5, 5.41) is 22.3. The molecule has 0 saturated heterocycles. The van der Waals surface area contributed by atoms with Gasteiger partial charge in [-0.2, -0.15) is 0 Å². The second-order valence-electron chi connectivity index (χ2n) is 15.2. The molecular formula is C31H50O4. The Morgan fingerprint density at radius 3 is 2.20 bits per heavy atom. The molecule has 0 aromatic heterocycles. The number of ether oxygens (including phenoxy) is 1. The Labute approximate surface area is 213 Å². The Morgan fingerprint density at radius 2 is 1.54 bits per heavy atom. The molecule has 0 aliphatic heterocycles. The van der Waals surface area contributed by atoms with Gasteiger partial charge in [-0.05, 0) is 104 Å². The average Bonchev–Trinajstić information content (AvgIpc) is 2.78. The van der Waals surface area contributed by atoms with E-state index in [4.69, 9.17) is 4.74 Å². The molecule has 0 spiro atoms. The van der Waals surface area contributed by atoms with Crippen LogP contribution in [0.1, 0.15) is 106 Å². The van der Waals surface area contributed by atoms with Crippen molar-refractivity contribution in [2.45, 2.75) is 118 Å².